The minimum Gasteiger partial charge on any atom is -0.387 e. The predicted octanol–water partition coefficient (Wildman–Crippen LogP) is 10.2. The van der Waals surface area contributed by atoms with E-state index in [2.05, 4.69) is 31.3 Å². The van der Waals surface area contributed by atoms with Gasteiger partial charge >= 0.3 is 0 Å². The van der Waals surface area contributed by atoms with E-state index in [0.29, 0.717) is 6.42 Å². The normalized spacial score (nSPS) is 14.2. The fourth-order valence-electron chi connectivity index (χ4n) is 5.92. The second kappa shape index (κ2) is 33.3. The molecule has 0 radical (unpaired) electrons. The predicted molar refractivity (Wildman–Crippen MR) is 199 cm³/mol. The lowest BCUT2D eigenvalue weighted by Crippen LogP contribution is -2.50. The average Bonchev–Trinajstić information content (AvgIpc) is 3.03. The van der Waals surface area contributed by atoms with E-state index in [1.165, 1.54) is 122 Å². The Morgan fingerprint density at radius 3 is 1.38 bits per heavy atom. The van der Waals surface area contributed by atoms with Crippen molar-refractivity contribution in [2.75, 3.05) is 5.75 Å². The van der Waals surface area contributed by atoms with E-state index in [9.17, 15) is 28.0 Å². The number of amides is 1. The molecule has 0 spiro atoms. The lowest BCUT2D eigenvalue weighted by Gasteiger charge is -2.22. The van der Waals surface area contributed by atoms with Crippen LogP contribution in [0.5, 0.6) is 0 Å². The van der Waals surface area contributed by atoms with Gasteiger partial charge in [-0.15, -0.1) is 0 Å². The Morgan fingerprint density at radius 1 is 0.574 bits per heavy atom. The fourth-order valence-corrected chi connectivity index (χ4v) is 6.66. The lowest BCUT2D eigenvalue weighted by molar-refractivity contribution is -0.130. The molecule has 7 nitrogen and oxygen atoms in total. The molecule has 4 N–H and O–H groups in total. The lowest BCUT2D eigenvalue weighted by atomic mass is 10.0. The van der Waals surface area contributed by atoms with Crippen LogP contribution in [0.1, 0.15) is 194 Å². The summed E-state index contributed by atoms with van der Waals surface area (Å²) in [6.07, 6.45) is 38.1. The minimum absolute atomic E-state index is 0.266. The van der Waals surface area contributed by atoms with Crippen molar-refractivity contribution in [3.8, 4) is 0 Å². The van der Waals surface area contributed by atoms with Crippen molar-refractivity contribution >= 4 is 16.0 Å². The van der Waals surface area contributed by atoms with Crippen LogP contribution < -0.4 is 5.32 Å². The van der Waals surface area contributed by atoms with Gasteiger partial charge in [0.2, 0.25) is 5.91 Å². The van der Waals surface area contributed by atoms with Gasteiger partial charge in [0.15, 0.2) is 0 Å². The molecular weight excluding hydrogens is 610 g/mol. The molecule has 0 aromatic carbocycles. The van der Waals surface area contributed by atoms with Crippen LogP contribution in [0.2, 0.25) is 0 Å². The maximum Gasteiger partial charge on any atom is 0.267 e. The first-order chi connectivity index (χ1) is 22.7. The zero-order valence-corrected chi connectivity index (χ0v) is 31.3. The third kappa shape index (κ3) is 33.1. The molecule has 0 aromatic rings. The van der Waals surface area contributed by atoms with Gasteiger partial charge in [-0.1, -0.05) is 173 Å². The second-order valence-corrected chi connectivity index (χ2v) is 15.2. The van der Waals surface area contributed by atoms with Gasteiger partial charge in [0.25, 0.3) is 10.1 Å². The Labute approximate surface area is 290 Å². The summed E-state index contributed by atoms with van der Waals surface area (Å²) in [6.45, 7) is 4.47. The Hall–Kier alpha value is -1.22. The summed E-state index contributed by atoms with van der Waals surface area (Å²) in [7, 11) is -4.44. The fraction of sp³-hybridized carbons (Fsp3) is 0.872. The number of nitrogens with one attached hydrogen (secondary N) is 1. The van der Waals surface area contributed by atoms with E-state index in [1.807, 2.05) is 0 Å². The van der Waals surface area contributed by atoms with Gasteiger partial charge in [0, 0.05) is 0 Å². The summed E-state index contributed by atoms with van der Waals surface area (Å²) in [4.78, 5) is 12.5. The van der Waals surface area contributed by atoms with Crippen molar-refractivity contribution in [2.24, 2.45) is 0 Å². The van der Waals surface area contributed by atoms with Gasteiger partial charge in [-0.2, -0.15) is 8.42 Å². The number of rotatable bonds is 35. The summed E-state index contributed by atoms with van der Waals surface area (Å²) in [5.41, 5.74) is 0. The van der Waals surface area contributed by atoms with Gasteiger partial charge in [-0.3, -0.25) is 9.35 Å². The smallest absolute Gasteiger partial charge is 0.267 e. The quantitative estimate of drug-likeness (QED) is 0.0299. The molecule has 8 heteroatoms. The van der Waals surface area contributed by atoms with Crippen LogP contribution >= 0.6 is 0 Å². The van der Waals surface area contributed by atoms with Gasteiger partial charge in [-0.25, -0.2) is 0 Å². The number of unbranched alkanes of at least 4 members (excludes halogenated alkanes) is 24. The van der Waals surface area contributed by atoms with Crippen molar-refractivity contribution in [3.05, 3.63) is 24.3 Å². The molecule has 3 atom stereocenters. The Morgan fingerprint density at radius 2 is 0.936 bits per heavy atom. The molecule has 0 aliphatic heterocycles. The van der Waals surface area contributed by atoms with Crippen LogP contribution in [0.15, 0.2) is 24.3 Å². The zero-order chi connectivity index (χ0) is 34.9. The molecule has 3 unspecified atom stereocenters. The molecule has 0 aliphatic rings. The number of hydrogen-bond acceptors (Lipinski definition) is 5. The molecule has 0 fully saturated rings. The third-order valence-corrected chi connectivity index (χ3v) is 9.76. The van der Waals surface area contributed by atoms with E-state index >= 15 is 0 Å². The highest BCUT2D eigenvalue weighted by Gasteiger charge is 2.27. The van der Waals surface area contributed by atoms with Gasteiger partial charge in [-0.05, 0) is 44.9 Å². The standard InChI is InChI=1S/C39H75NO6S/c1-3-5-7-9-11-13-15-16-17-18-19-20-21-22-24-25-27-29-31-33-37(41)36(35-47(44,45)46)40-39(43)38(42)34-32-30-28-26-23-14-12-10-8-6-4-2/h12,14,31,33,36-38,41-42H,3-11,13,15-30,32,34-35H2,1-2H3,(H,40,43)(H,44,45,46)/b14-12-,33-31+. The van der Waals surface area contributed by atoms with Crippen molar-refractivity contribution in [1.29, 1.82) is 0 Å². The topological polar surface area (TPSA) is 124 Å². The van der Waals surface area contributed by atoms with Crippen LogP contribution in [0.4, 0.5) is 0 Å². The van der Waals surface area contributed by atoms with Crippen molar-refractivity contribution in [3.63, 3.8) is 0 Å². The van der Waals surface area contributed by atoms with Crippen molar-refractivity contribution in [2.45, 2.75) is 212 Å². The molecule has 1 amide bonds. The molecule has 0 saturated heterocycles. The molecule has 0 aliphatic carbocycles. The maximum absolute atomic E-state index is 12.5. The molecule has 47 heavy (non-hydrogen) atoms. The molecule has 0 heterocycles. The van der Waals surface area contributed by atoms with Crippen LogP contribution in [0.3, 0.4) is 0 Å². The van der Waals surface area contributed by atoms with Gasteiger partial charge < -0.3 is 15.5 Å². The molecule has 278 valence electrons. The number of carbonyl (C=O) groups is 1. The van der Waals surface area contributed by atoms with Crippen LogP contribution in [-0.4, -0.2) is 53.1 Å². The second-order valence-electron chi connectivity index (χ2n) is 13.7. The molecule has 0 rings (SSSR count). The average molecular weight is 686 g/mol. The Bertz CT molecular complexity index is 860. The first kappa shape index (κ1) is 45.8. The Balaban J connectivity index is 4.04. The molecular formula is C39H75NO6S. The largest absolute Gasteiger partial charge is 0.387 e. The van der Waals surface area contributed by atoms with E-state index in [1.54, 1.807) is 6.08 Å². The highest BCUT2D eigenvalue weighted by Crippen LogP contribution is 2.15. The van der Waals surface area contributed by atoms with E-state index < -0.39 is 40.0 Å². The number of allylic oxidation sites excluding steroid dienone is 3. The summed E-state index contributed by atoms with van der Waals surface area (Å²) in [6, 6.07) is -1.23. The Kier molecular flexibility index (Phi) is 32.4. The van der Waals surface area contributed by atoms with Crippen LogP contribution in [0, 0.1) is 0 Å². The zero-order valence-electron chi connectivity index (χ0n) is 30.5. The van der Waals surface area contributed by atoms with Crippen LogP contribution in [0.25, 0.3) is 0 Å². The summed E-state index contributed by atoms with van der Waals surface area (Å²) < 4.78 is 32.4. The third-order valence-electron chi connectivity index (χ3n) is 8.98. The summed E-state index contributed by atoms with van der Waals surface area (Å²) >= 11 is 0. The minimum atomic E-state index is -4.44. The first-order valence-corrected chi connectivity index (χ1v) is 21.3. The molecule has 0 aromatic heterocycles. The number of aliphatic hydroxyl groups is 2. The van der Waals surface area contributed by atoms with Crippen molar-refractivity contribution in [1.82, 2.24) is 5.32 Å². The number of carbonyl (C=O) groups excluding carboxylic acids is 1. The van der Waals surface area contributed by atoms with Crippen molar-refractivity contribution < 1.29 is 28.0 Å². The molecule has 0 saturated carbocycles. The van der Waals surface area contributed by atoms with Crippen LogP contribution in [-0.2, 0) is 14.9 Å². The maximum atomic E-state index is 12.5. The first-order valence-electron chi connectivity index (χ1n) is 19.6. The van der Waals surface area contributed by atoms with E-state index in [4.69, 9.17) is 0 Å². The van der Waals surface area contributed by atoms with E-state index in [-0.39, 0.29) is 6.42 Å². The number of aliphatic hydroxyl groups excluding tert-OH is 2. The number of hydrogen-bond donors (Lipinski definition) is 4. The highest BCUT2D eigenvalue weighted by atomic mass is 32.2. The SMILES string of the molecule is CCCCC/C=C\CCCCCCC(O)C(=O)NC(CS(=O)(=O)O)C(O)/C=C/CCCCCCCCCCCCCCCCCCC. The summed E-state index contributed by atoms with van der Waals surface area (Å²) in [5, 5.41) is 23.3. The molecule has 0 bridgehead atoms. The van der Waals surface area contributed by atoms with E-state index in [0.717, 1.165) is 51.4 Å². The summed E-state index contributed by atoms with van der Waals surface area (Å²) in [5.74, 6) is -1.54. The monoisotopic (exact) mass is 686 g/mol. The highest BCUT2D eigenvalue weighted by molar-refractivity contribution is 7.85. The van der Waals surface area contributed by atoms with Gasteiger partial charge in [0.05, 0.1) is 17.9 Å². The van der Waals surface area contributed by atoms with Gasteiger partial charge in [0.1, 0.15) is 6.10 Å².